The first-order valence-electron chi connectivity index (χ1n) is 6.73. The number of sulfone groups is 1. The normalized spacial score (nSPS) is 29.8. The first kappa shape index (κ1) is 15.2. The lowest BCUT2D eigenvalue weighted by Crippen LogP contribution is -2.54. The average Bonchev–Trinajstić information content (AvgIpc) is 2.78. The highest BCUT2D eigenvalue weighted by atomic mass is 32.2. The molecule has 0 aromatic heterocycles. The zero-order valence-corrected chi connectivity index (χ0v) is 12.4. The number of nitriles is 1. The van der Waals surface area contributed by atoms with Crippen molar-refractivity contribution in [1.82, 2.24) is 15.1 Å². The summed E-state index contributed by atoms with van der Waals surface area (Å²) in [5.41, 5.74) is 0. The summed E-state index contributed by atoms with van der Waals surface area (Å²) in [7, 11) is -1.34. The fraction of sp³-hybridized carbons (Fsp3) is 0.833. The van der Waals surface area contributed by atoms with Gasteiger partial charge in [-0.2, -0.15) is 5.26 Å². The maximum Gasteiger partial charge on any atom is 0.236 e. The van der Waals surface area contributed by atoms with Crippen LogP contribution in [-0.2, 0) is 14.6 Å². The van der Waals surface area contributed by atoms with E-state index in [0.717, 1.165) is 6.54 Å². The van der Waals surface area contributed by atoms with E-state index in [9.17, 15) is 13.2 Å². The van der Waals surface area contributed by atoms with Crippen LogP contribution in [0.15, 0.2) is 0 Å². The van der Waals surface area contributed by atoms with Crippen LogP contribution in [0.5, 0.6) is 0 Å². The average molecular weight is 300 g/mol. The Morgan fingerprint density at radius 2 is 2.30 bits per heavy atom. The van der Waals surface area contributed by atoms with Crippen molar-refractivity contribution < 1.29 is 13.2 Å². The molecule has 2 unspecified atom stereocenters. The first-order chi connectivity index (χ1) is 9.43. The molecule has 0 aromatic carbocycles. The Hall–Kier alpha value is -1.17. The number of amides is 1. The van der Waals surface area contributed by atoms with E-state index in [2.05, 4.69) is 11.4 Å². The monoisotopic (exact) mass is 300 g/mol. The van der Waals surface area contributed by atoms with Gasteiger partial charge in [-0.3, -0.25) is 9.69 Å². The molecule has 2 aliphatic heterocycles. The highest BCUT2D eigenvalue weighted by Crippen LogP contribution is 2.17. The minimum atomic E-state index is -2.99. The summed E-state index contributed by atoms with van der Waals surface area (Å²) in [6, 6.07) is 1.65. The third-order valence-electron chi connectivity index (χ3n) is 3.99. The molecule has 2 fully saturated rings. The number of carbonyl (C=O) groups is 1. The third kappa shape index (κ3) is 3.48. The molecule has 2 heterocycles. The molecule has 7 nitrogen and oxygen atoms in total. The van der Waals surface area contributed by atoms with Crippen molar-refractivity contribution in [1.29, 1.82) is 5.26 Å². The molecule has 1 N–H and O–H groups in total. The van der Waals surface area contributed by atoms with Crippen LogP contribution in [0.1, 0.15) is 6.42 Å². The second kappa shape index (κ2) is 6.08. The van der Waals surface area contributed by atoms with Crippen molar-refractivity contribution in [2.45, 2.75) is 18.5 Å². The number of hydrogen-bond acceptors (Lipinski definition) is 6. The maximum absolute atomic E-state index is 12.2. The number of nitrogens with zero attached hydrogens (tertiary/aromatic N) is 3. The minimum Gasteiger partial charge on any atom is -0.341 e. The van der Waals surface area contributed by atoms with E-state index in [1.54, 1.807) is 7.05 Å². The van der Waals surface area contributed by atoms with Crippen LogP contribution in [0.2, 0.25) is 0 Å². The Labute approximate surface area is 119 Å². The van der Waals surface area contributed by atoms with Gasteiger partial charge in [0.05, 0.1) is 24.1 Å². The summed E-state index contributed by atoms with van der Waals surface area (Å²) in [5.74, 6) is 0.0941. The van der Waals surface area contributed by atoms with Crippen LogP contribution in [0.25, 0.3) is 0 Å². The molecule has 112 valence electrons. The number of likely N-dealkylation sites (N-methyl/N-ethyl adjacent to an activating group) is 1. The van der Waals surface area contributed by atoms with Gasteiger partial charge in [0.1, 0.15) is 6.04 Å². The number of rotatable bonds is 3. The van der Waals surface area contributed by atoms with Crippen LogP contribution >= 0.6 is 0 Å². The van der Waals surface area contributed by atoms with Gasteiger partial charge in [0, 0.05) is 32.7 Å². The van der Waals surface area contributed by atoms with Crippen molar-refractivity contribution in [3.8, 4) is 6.07 Å². The number of carbonyl (C=O) groups excluding carboxylic acids is 1. The molecule has 1 amide bonds. The highest BCUT2D eigenvalue weighted by Gasteiger charge is 2.34. The topological polar surface area (TPSA) is 93.5 Å². The molecule has 2 saturated heterocycles. The molecule has 2 atom stereocenters. The van der Waals surface area contributed by atoms with E-state index >= 15 is 0 Å². The molecule has 0 aromatic rings. The quantitative estimate of drug-likeness (QED) is 0.677. The Kier molecular flexibility index (Phi) is 4.62. The van der Waals surface area contributed by atoms with Crippen molar-refractivity contribution in [3.05, 3.63) is 0 Å². The smallest absolute Gasteiger partial charge is 0.236 e. The van der Waals surface area contributed by atoms with Gasteiger partial charge >= 0.3 is 0 Å². The van der Waals surface area contributed by atoms with Crippen LogP contribution in [0.3, 0.4) is 0 Å². The van der Waals surface area contributed by atoms with Gasteiger partial charge in [-0.25, -0.2) is 8.42 Å². The standard InChI is InChI=1S/C12H20N4O3S/c1-15(10-2-5-20(18,19)9-10)12(17)8-16-4-3-14-7-11(16)6-13/h10-11,14H,2-5,7-9H2,1H3. The predicted molar refractivity (Wildman–Crippen MR) is 73.7 cm³/mol. The van der Waals surface area contributed by atoms with Gasteiger partial charge in [-0.1, -0.05) is 0 Å². The molecule has 0 spiro atoms. The van der Waals surface area contributed by atoms with Gasteiger partial charge in [0.2, 0.25) is 5.91 Å². The van der Waals surface area contributed by atoms with Gasteiger partial charge in [0.25, 0.3) is 0 Å². The lowest BCUT2D eigenvalue weighted by Gasteiger charge is -2.33. The summed E-state index contributed by atoms with van der Waals surface area (Å²) in [6.07, 6.45) is 0.508. The minimum absolute atomic E-state index is 0.0540. The predicted octanol–water partition coefficient (Wildman–Crippen LogP) is -1.57. The zero-order chi connectivity index (χ0) is 14.8. The van der Waals surface area contributed by atoms with Gasteiger partial charge in [-0.15, -0.1) is 0 Å². The zero-order valence-electron chi connectivity index (χ0n) is 11.6. The van der Waals surface area contributed by atoms with Crippen LogP contribution < -0.4 is 5.32 Å². The fourth-order valence-electron chi connectivity index (χ4n) is 2.63. The van der Waals surface area contributed by atoms with Crippen molar-refractivity contribution in [2.75, 3.05) is 44.7 Å². The molecular weight excluding hydrogens is 280 g/mol. The summed E-state index contributed by atoms with van der Waals surface area (Å²) < 4.78 is 22.9. The molecule has 0 saturated carbocycles. The molecule has 0 bridgehead atoms. The highest BCUT2D eigenvalue weighted by molar-refractivity contribution is 7.91. The first-order valence-corrected chi connectivity index (χ1v) is 8.55. The number of piperazine rings is 1. The van der Waals surface area contributed by atoms with E-state index in [0.29, 0.717) is 19.5 Å². The molecule has 0 radical (unpaired) electrons. The van der Waals surface area contributed by atoms with Crippen LogP contribution in [0.4, 0.5) is 0 Å². The largest absolute Gasteiger partial charge is 0.341 e. The van der Waals surface area contributed by atoms with Crippen molar-refractivity contribution in [3.63, 3.8) is 0 Å². The Bertz CT molecular complexity index is 513. The fourth-order valence-corrected chi connectivity index (χ4v) is 4.41. The van der Waals surface area contributed by atoms with E-state index in [1.165, 1.54) is 4.90 Å². The van der Waals surface area contributed by atoms with Gasteiger partial charge < -0.3 is 10.2 Å². The number of nitrogens with one attached hydrogen (secondary N) is 1. The Balaban J connectivity index is 1.93. The summed E-state index contributed by atoms with van der Waals surface area (Å²) in [4.78, 5) is 15.6. The van der Waals surface area contributed by atoms with Crippen molar-refractivity contribution >= 4 is 15.7 Å². The van der Waals surface area contributed by atoms with Crippen LogP contribution in [-0.4, -0.2) is 80.9 Å². The third-order valence-corrected chi connectivity index (χ3v) is 5.74. The van der Waals surface area contributed by atoms with Crippen molar-refractivity contribution in [2.24, 2.45) is 0 Å². The van der Waals surface area contributed by atoms with Crippen LogP contribution in [0, 0.1) is 11.3 Å². The molecule has 8 heteroatoms. The lowest BCUT2D eigenvalue weighted by atomic mass is 10.2. The Morgan fingerprint density at radius 3 is 2.90 bits per heavy atom. The van der Waals surface area contributed by atoms with E-state index in [1.807, 2.05) is 4.90 Å². The van der Waals surface area contributed by atoms with E-state index < -0.39 is 9.84 Å². The second-order valence-corrected chi connectivity index (χ2v) is 7.61. The summed E-state index contributed by atoms with van der Waals surface area (Å²) >= 11 is 0. The van der Waals surface area contributed by atoms with Gasteiger partial charge in [0.15, 0.2) is 9.84 Å². The lowest BCUT2D eigenvalue weighted by molar-refractivity contribution is -0.133. The summed E-state index contributed by atoms with van der Waals surface area (Å²) in [5, 5.41) is 12.2. The molecule has 20 heavy (non-hydrogen) atoms. The second-order valence-electron chi connectivity index (χ2n) is 5.38. The molecule has 0 aliphatic carbocycles. The Morgan fingerprint density at radius 1 is 1.55 bits per heavy atom. The number of hydrogen-bond donors (Lipinski definition) is 1. The molecule has 2 aliphatic rings. The molecule has 2 rings (SSSR count). The van der Waals surface area contributed by atoms with E-state index in [4.69, 9.17) is 5.26 Å². The summed E-state index contributed by atoms with van der Waals surface area (Å²) in [6.45, 7) is 2.14. The van der Waals surface area contributed by atoms with E-state index in [-0.39, 0.29) is 36.0 Å². The maximum atomic E-state index is 12.2. The van der Waals surface area contributed by atoms with Gasteiger partial charge in [-0.05, 0) is 6.42 Å². The SMILES string of the molecule is CN(C(=O)CN1CCNCC1C#N)C1CCS(=O)(=O)C1. The molecular formula is C12H20N4O3S.